The Morgan fingerprint density at radius 3 is 2.75 bits per heavy atom. The fourth-order valence-electron chi connectivity index (χ4n) is 2.59. The fourth-order valence-corrected chi connectivity index (χ4v) is 2.75. The van der Waals surface area contributed by atoms with Crippen molar-refractivity contribution in [1.29, 1.82) is 0 Å². The van der Waals surface area contributed by atoms with Gasteiger partial charge in [-0.15, -0.1) is 0 Å². The lowest BCUT2D eigenvalue weighted by molar-refractivity contribution is 0.102. The molecule has 0 saturated carbocycles. The van der Waals surface area contributed by atoms with Crippen LogP contribution in [0, 0.1) is 0 Å². The molecule has 1 fully saturated rings. The Morgan fingerprint density at radius 1 is 1.21 bits per heavy atom. The lowest BCUT2D eigenvalue weighted by atomic mass is 10.2. The Hall–Kier alpha value is -2.24. The van der Waals surface area contributed by atoms with Gasteiger partial charge in [0.25, 0.3) is 5.91 Å². The molecule has 0 aliphatic carbocycles. The molecule has 6 heteroatoms. The summed E-state index contributed by atoms with van der Waals surface area (Å²) >= 11 is 6.24. The first-order valence-electron chi connectivity index (χ1n) is 7.75. The molecule has 0 bridgehead atoms. The Labute approximate surface area is 146 Å². The van der Waals surface area contributed by atoms with Gasteiger partial charge in [-0.05, 0) is 36.4 Å². The van der Waals surface area contributed by atoms with E-state index in [2.05, 4.69) is 10.2 Å². The minimum atomic E-state index is -0.227. The van der Waals surface area contributed by atoms with Gasteiger partial charge in [0.15, 0.2) is 0 Å². The molecule has 1 aliphatic rings. The van der Waals surface area contributed by atoms with Gasteiger partial charge in [-0.3, -0.25) is 4.79 Å². The largest absolute Gasteiger partial charge is 0.497 e. The normalized spacial score (nSPS) is 14.3. The number of ether oxygens (including phenoxy) is 2. The van der Waals surface area contributed by atoms with E-state index in [4.69, 9.17) is 21.1 Å². The van der Waals surface area contributed by atoms with Crippen LogP contribution in [0.5, 0.6) is 5.75 Å². The molecule has 0 aromatic heterocycles. The minimum absolute atomic E-state index is 0.227. The SMILES string of the molecule is COc1cccc(C(=O)Nc2cc(N3CCOCC3)ccc2Cl)c1. The second-order valence-corrected chi connectivity index (χ2v) is 5.86. The van der Waals surface area contributed by atoms with Gasteiger partial charge in [0.2, 0.25) is 0 Å². The molecule has 1 N–H and O–H groups in total. The fraction of sp³-hybridized carbons (Fsp3) is 0.278. The van der Waals surface area contributed by atoms with E-state index >= 15 is 0 Å². The van der Waals surface area contributed by atoms with Gasteiger partial charge in [0, 0.05) is 24.3 Å². The molecule has 1 amide bonds. The van der Waals surface area contributed by atoms with Crippen LogP contribution in [-0.4, -0.2) is 39.3 Å². The summed E-state index contributed by atoms with van der Waals surface area (Å²) in [6.45, 7) is 3.05. The van der Waals surface area contributed by atoms with E-state index in [1.807, 2.05) is 12.1 Å². The van der Waals surface area contributed by atoms with Gasteiger partial charge in [-0.2, -0.15) is 0 Å². The van der Waals surface area contributed by atoms with Crippen LogP contribution in [0.2, 0.25) is 5.02 Å². The second-order valence-electron chi connectivity index (χ2n) is 5.45. The number of amides is 1. The molecule has 0 atom stereocenters. The zero-order valence-electron chi connectivity index (χ0n) is 13.4. The minimum Gasteiger partial charge on any atom is -0.497 e. The number of hydrogen-bond acceptors (Lipinski definition) is 4. The number of nitrogens with zero attached hydrogens (tertiary/aromatic N) is 1. The van der Waals surface area contributed by atoms with Crippen LogP contribution >= 0.6 is 11.6 Å². The molecule has 0 unspecified atom stereocenters. The highest BCUT2D eigenvalue weighted by Crippen LogP contribution is 2.28. The van der Waals surface area contributed by atoms with Crippen molar-refractivity contribution in [2.45, 2.75) is 0 Å². The highest BCUT2D eigenvalue weighted by molar-refractivity contribution is 6.34. The average Bonchev–Trinajstić information content (AvgIpc) is 2.64. The van der Waals surface area contributed by atoms with Crippen LogP contribution in [0.1, 0.15) is 10.4 Å². The second kappa shape index (κ2) is 7.55. The van der Waals surface area contributed by atoms with Gasteiger partial charge < -0.3 is 19.7 Å². The van der Waals surface area contributed by atoms with E-state index in [9.17, 15) is 4.79 Å². The number of rotatable bonds is 4. The van der Waals surface area contributed by atoms with Crippen molar-refractivity contribution < 1.29 is 14.3 Å². The Balaban J connectivity index is 1.79. The first kappa shape index (κ1) is 16.6. The molecular weight excluding hydrogens is 328 g/mol. The van der Waals surface area contributed by atoms with Crippen molar-refractivity contribution in [3.63, 3.8) is 0 Å². The van der Waals surface area contributed by atoms with Crippen LogP contribution < -0.4 is 15.0 Å². The molecule has 126 valence electrons. The standard InChI is InChI=1S/C18H19ClN2O3/c1-23-15-4-2-3-13(11-15)18(22)20-17-12-14(5-6-16(17)19)21-7-9-24-10-8-21/h2-6,11-12H,7-10H2,1H3,(H,20,22). The Morgan fingerprint density at radius 2 is 2.00 bits per heavy atom. The molecule has 5 nitrogen and oxygen atoms in total. The van der Waals surface area contributed by atoms with Gasteiger partial charge in [-0.1, -0.05) is 17.7 Å². The topological polar surface area (TPSA) is 50.8 Å². The monoisotopic (exact) mass is 346 g/mol. The maximum atomic E-state index is 12.5. The van der Waals surface area contributed by atoms with E-state index in [1.165, 1.54) is 0 Å². The van der Waals surface area contributed by atoms with Crippen molar-refractivity contribution in [3.05, 3.63) is 53.1 Å². The van der Waals surface area contributed by atoms with Crippen LogP contribution in [0.4, 0.5) is 11.4 Å². The van der Waals surface area contributed by atoms with E-state index in [-0.39, 0.29) is 5.91 Å². The van der Waals surface area contributed by atoms with Crippen molar-refractivity contribution in [3.8, 4) is 5.75 Å². The number of halogens is 1. The number of anilines is 2. The van der Waals surface area contributed by atoms with Crippen LogP contribution in [-0.2, 0) is 4.74 Å². The van der Waals surface area contributed by atoms with E-state index < -0.39 is 0 Å². The quantitative estimate of drug-likeness (QED) is 0.921. The van der Waals surface area contributed by atoms with Gasteiger partial charge in [0.05, 0.1) is 31.0 Å². The zero-order chi connectivity index (χ0) is 16.9. The zero-order valence-corrected chi connectivity index (χ0v) is 14.2. The third-order valence-corrected chi connectivity index (χ3v) is 4.24. The average molecular weight is 347 g/mol. The number of hydrogen-bond donors (Lipinski definition) is 1. The molecule has 2 aromatic rings. The van der Waals surface area contributed by atoms with E-state index in [0.29, 0.717) is 35.2 Å². The summed E-state index contributed by atoms with van der Waals surface area (Å²) in [5.74, 6) is 0.408. The summed E-state index contributed by atoms with van der Waals surface area (Å²) in [7, 11) is 1.57. The van der Waals surface area contributed by atoms with Gasteiger partial charge >= 0.3 is 0 Å². The van der Waals surface area contributed by atoms with E-state index in [1.54, 1.807) is 37.4 Å². The van der Waals surface area contributed by atoms with Crippen molar-refractivity contribution in [2.24, 2.45) is 0 Å². The summed E-state index contributed by atoms with van der Waals surface area (Å²) < 4.78 is 10.5. The van der Waals surface area contributed by atoms with Crippen LogP contribution in [0.3, 0.4) is 0 Å². The third-order valence-electron chi connectivity index (χ3n) is 3.91. The molecule has 0 radical (unpaired) electrons. The number of nitrogens with one attached hydrogen (secondary N) is 1. The van der Waals surface area contributed by atoms with Gasteiger partial charge in [0.1, 0.15) is 5.75 Å². The van der Waals surface area contributed by atoms with Crippen molar-refractivity contribution in [1.82, 2.24) is 0 Å². The first-order valence-corrected chi connectivity index (χ1v) is 8.13. The summed E-state index contributed by atoms with van der Waals surface area (Å²) in [6.07, 6.45) is 0. The molecule has 3 rings (SSSR count). The van der Waals surface area contributed by atoms with E-state index in [0.717, 1.165) is 18.8 Å². The molecular formula is C18H19ClN2O3. The molecule has 24 heavy (non-hydrogen) atoms. The summed E-state index contributed by atoms with van der Waals surface area (Å²) in [5, 5.41) is 3.38. The number of methoxy groups -OCH3 is 1. The number of carbonyl (C=O) groups is 1. The smallest absolute Gasteiger partial charge is 0.255 e. The number of carbonyl (C=O) groups excluding carboxylic acids is 1. The predicted octanol–water partition coefficient (Wildman–Crippen LogP) is 3.44. The molecule has 2 aromatic carbocycles. The predicted molar refractivity (Wildman–Crippen MR) is 95.4 cm³/mol. The van der Waals surface area contributed by atoms with Gasteiger partial charge in [-0.25, -0.2) is 0 Å². The highest BCUT2D eigenvalue weighted by Gasteiger charge is 2.14. The van der Waals surface area contributed by atoms with Crippen molar-refractivity contribution in [2.75, 3.05) is 43.6 Å². The number of benzene rings is 2. The van der Waals surface area contributed by atoms with Crippen LogP contribution in [0.25, 0.3) is 0 Å². The molecule has 1 heterocycles. The lowest BCUT2D eigenvalue weighted by Crippen LogP contribution is -2.36. The lowest BCUT2D eigenvalue weighted by Gasteiger charge is -2.29. The van der Waals surface area contributed by atoms with Crippen LogP contribution in [0.15, 0.2) is 42.5 Å². The summed E-state index contributed by atoms with van der Waals surface area (Å²) in [4.78, 5) is 14.7. The maximum absolute atomic E-state index is 12.5. The summed E-state index contributed by atoms with van der Waals surface area (Å²) in [6, 6.07) is 12.6. The Bertz CT molecular complexity index is 730. The maximum Gasteiger partial charge on any atom is 0.255 e. The number of morpholine rings is 1. The third kappa shape index (κ3) is 3.80. The molecule has 1 saturated heterocycles. The molecule has 1 aliphatic heterocycles. The summed E-state index contributed by atoms with van der Waals surface area (Å²) in [5.41, 5.74) is 2.12. The highest BCUT2D eigenvalue weighted by atomic mass is 35.5. The van der Waals surface area contributed by atoms with Crippen molar-refractivity contribution >= 4 is 28.9 Å². The molecule has 0 spiro atoms. The Kier molecular flexibility index (Phi) is 5.23. The first-order chi connectivity index (χ1) is 11.7.